The molecule has 1 aliphatic carbocycles. The molecule has 2 bridgehead atoms. The zero-order valence-corrected chi connectivity index (χ0v) is 38.6. The first-order chi connectivity index (χ1) is 33.4. The Morgan fingerprint density at radius 3 is 2.51 bits per heavy atom. The highest BCUT2D eigenvalue weighted by molar-refractivity contribution is 6.34. The van der Waals surface area contributed by atoms with Gasteiger partial charge >= 0.3 is 12.0 Å². The Bertz CT molecular complexity index is 3090. The van der Waals surface area contributed by atoms with Gasteiger partial charge in [0.1, 0.15) is 35.2 Å². The van der Waals surface area contributed by atoms with Gasteiger partial charge in [-0.15, -0.1) is 6.42 Å². The van der Waals surface area contributed by atoms with E-state index in [0.29, 0.717) is 65.0 Å². The van der Waals surface area contributed by atoms with Gasteiger partial charge in [-0.3, -0.25) is 24.8 Å². The van der Waals surface area contributed by atoms with Gasteiger partial charge in [0.05, 0.1) is 27.4 Å². The quantitative estimate of drug-likeness (QED) is 0.120. The van der Waals surface area contributed by atoms with Crippen LogP contribution in [0.2, 0.25) is 5.02 Å². The smallest absolute Gasteiger partial charge is 0.328 e. The predicted octanol–water partition coefficient (Wildman–Crippen LogP) is 8.34. The summed E-state index contributed by atoms with van der Waals surface area (Å²) in [5, 5.41) is 18.1. The van der Waals surface area contributed by atoms with Crippen LogP contribution in [0.1, 0.15) is 79.4 Å². The third-order valence-electron chi connectivity index (χ3n) is 15.2. The molecular formula is C52H50ClF2N9O5. The molecule has 354 valence electrons. The Balaban J connectivity index is 0.777. The number of piperazine rings is 1. The molecule has 14 nitrogen and oxygen atoms in total. The second-order valence-corrected chi connectivity index (χ2v) is 19.7. The van der Waals surface area contributed by atoms with Crippen LogP contribution in [0.4, 0.5) is 25.1 Å². The number of urea groups is 1. The number of aromatic hydroxyl groups is 1. The topological polar surface area (TPSA) is 158 Å². The zero-order valence-electron chi connectivity index (χ0n) is 37.8. The van der Waals surface area contributed by atoms with E-state index in [9.17, 15) is 19.5 Å². The van der Waals surface area contributed by atoms with Crippen LogP contribution >= 0.6 is 11.6 Å². The van der Waals surface area contributed by atoms with Gasteiger partial charge in [-0.2, -0.15) is 9.97 Å². The summed E-state index contributed by atoms with van der Waals surface area (Å²) in [6.07, 6.45) is 17.6. The Hall–Kier alpha value is -6.83. The summed E-state index contributed by atoms with van der Waals surface area (Å²) in [6, 6.07) is 14.5. The lowest BCUT2D eigenvalue weighted by Gasteiger charge is -2.46. The number of aromatic nitrogens is 4. The Morgan fingerprint density at radius 1 is 0.971 bits per heavy atom. The maximum absolute atomic E-state index is 17.1. The van der Waals surface area contributed by atoms with Crippen molar-refractivity contribution in [1.29, 1.82) is 0 Å². The molecule has 69 heavy (non-hydrogen) atoms. The molecule has 3 aromatic carbocycles. The van der Waals surface area contributed by atoms with E-state index in [0.717, 1.165) is 63.6 Å². The maximum atomic E-state index is 17.1. The van der Waals surface area contributed by atoms with Gasteiger partial charge < -0.3 is 29.5 Å². The number of fused-ring (bicyclic) bond motifs is 4. The van der Waals surface area contributed by atoms with Crippen LogP contribution in [0.5, 0.6) is 11.8 Å². The third-order valence-corrected chi connectivity index (χ3v) is 15.5. The molecule has 2 atom stereocenters. The average molecular weight is 954 g/mol. The number of benzene rings is 3. The molecule has 3 N–H and O–H groups in total. The molecule has 4 aliphatic heterocycles. The highest BCUT2D eigenvalue weighted by Crippen LogP contribution is 2.47. The zero-order chi connectivity index (χ0) is 47.6. The number of ether oxygens (including phenoxy) is 1. The van der Waals surface area contributed by atoms with Crippen molar-refractivity contribution < 1.29 is 33.0 Å². The van der Waals surface area contributed by atoms with E-state index in [2.05, 4.69) is 42.2 Å². The van der Waals surface area contributed by atoms with E-state index in [-0.39, 0.29) is 88.4 Å². The molecule has 1 spiro atoms. The number of phenols is 1. The number of rotatable bonds is 9. The maximum Gasteiger partial charge on any atom is 0.328 e. The first-order valence-electron chi connectivity index (χ1n) is 23.7. The van der Waals surface area contributed by atoms with Gasteiger partial charge in [0.25, 0.3) is 5.91 Å². The van der Waals surface area contributed by atoms with Crippen LogP contribution < -0.4 is 25.2 Å². The first-order valence-corrected chi connectivity index (χ1v) is 24.1. The van der Waals surface area contributed by atoms with Crippen molar-refractivity contribution in [3.05, 3.63) is 100 Å². The Kier molecular flexibility index (Phi) is 11.6. The van der Waals surface area contributed by atoms with Crippen LogP contribution in [-0.4, -0.2) is 92.2 Å². The number of nitrogens with one attached hydrogen (secondary N) is 2. The number of pyridine rings is 1. The van der Waals surface area contributed by atoms with Crippen molar-refractivity contribution in [3.63, 3.8) is 0 Å². The fourth-order valence-corrected chi connectivity index (χ4v) is 11.6. The molecule has 7 heterocycles. The monoisotopic (exact) mass is 953 g/mol. The summed E-state index contributed by atoms with van der Waals surface area (Å²) < 4.78 is 40.8. The number of piperidine rings is 1. The molecular weight excluding hydrogens is 904 g/mol. The molecule has 17 heteroatoms. The molecule has 6 aromatic rings. The minimum Gasteiger partial charge on any atom is -0.508 e. The van der Waals surface area contributed by atoms with Gasteiger partial charge in [-0.25, -0.2) is 13.6 Å². The fourth-order valence-electron chi connectivity index (χ4n) is 11.4. The number of nitrogens with zero attached hydrogens (tertiary/aromatic N) is 7. The molecule has 1 unspecified atom stereocenters. The second-order valence-electron chi connectivity index (χ2n) is 19.3. The molecule has 4 saturated heterocycles. The highest BCUT2D eigenvalue weighted by Gasteiger charge is 2.40. The van der Waals surface area contributed by atoms with E-state index in [1.807, 2.05) is 17.0 Å². The Labute approximate surface area is 402 Å². The molecule has 3 aromatic heterocycles. The highest BCUT2D eigenvalue weighted by atomic mass is 35.5. The largest absolute Gasteiger partial charge is 0.508 e. The first kappa shape index (κ1) is 44.7. The van der Waals surface area contributed by atoms with E-state index in [1.54, 1.807) is 18.2 Å². The van der Waals surface area contributed by atoms with Gasteiger partial charge in [-0.1, -0.05) is 23.6 Å². The van der Waals surface area contributed by atoms with E-state index < -0.39 is 17.7 Å². The molecule has 4 amide bonds. The van der Waals surface area contributed by atoms with Gasteiger partial charge in [0.15, 0.2) is 5.82 Å². The summed E-state index contributed by atoms with van der Waals surface area (Å²) in [5.41, 5.74) is 1.91. The summed E-state index contributed by atoms with van der Waals surface area (Å²) >= 11 is 6.46. The summed E-state index contributed by atoms with van der Waals surface area (Å²) in [6.45, 7) is 3.79. The number of likely N-dealkylation sites (tertiary alicyclic amines) is 1. The van der Waals surface area contributed by atoms with E-state index in [1.165, 1.54) is 35.4 Å². The summed E-state index contributed by atoms with van der Waals surface area (Å²) in [4.78, 5) is 57.5. The van der Waals surface area contributed by atoms with Crippen LogP contribution in [-0.2, 0) is 17.9 Å². The normalized spacial score (nSPS) is 20.5. The molecule has 5 fully saturated rings. The van der Waals surface area contributed by atoms with Gasteiger partial charge in [0.2, 0.25) is 5.91 Å². The number of carbonyl (C=O) groups is 3. The number of carbonyl (C=O) groups excluding carboxylic acids is 3. The number of anilines is 2. The van der Waals surface area contributed by atoms with Gasteiger partial charge in [0, 0.05) is 86.7 Å². The summed E-state index contributed by atoms with van der Waals surface area (Å²) in [7, 11) is 0. The lowest BCUT2D eigenvalue weighted by Crippen LogP contribution is -2.51. The molecule has 5 aliphatic rings. The molecule has 1 saturated carbocycles. The van der Waals surface area contributed by atoms with Crippen molar-refractivity contribution in [1.82, 2.24) is 35.1 Å². The van der Waals surface area contributed by atoms with E-state index >= 15 is 8.78 Å². The van der Waals surface area contributed by atoms with Crippen molar-refractivity contribution in [2.75, 3.05) is 42.5 Å². The number of hydrogen-bond donors (Lipinski definition) is 3. The van der Waals surface area contributed by atoms with Crippen molar-refractivity contribution >= 4 is 62.6 Å². The lowest BCUT2D eigenvalue weighted by atomic mass is 9.65. The number of phenolic OH excluding ortho intramolecular Hbond substituents is 1. The minimum absolute atomic E-state index is 0.00940. The number of hydrogen-bond acceptors (Lipinski definition) is 10. The second kappa shape index (κ2) is 17.9. The van der Waals surface area contributed by atoms with Crippen LogP contribution in [0.15, 0.2) is 67.0 Å². The summed E-state index contributed by atoms with van der Waals surface area (Å²) in [5.74, 6) is 1.36. The van der Waals surface area contributed by atoms with Crippen molar-refractivity contribution in [2.24, 2.45) is 11.3 Å². The lowest BCUT2D eigenvalue weighted by molar-refractivity contribution is -0.120. The molecule has 0 radical (unpaired) electrons. The number of terminal acetylenes is 1. The van der Waals surface area contributed by atoms with Crippen molar-refractivity contribution in [2.45, 2.75) is 83.0 Å². The number of halogens is 3. The Morgan fingerprint density at radius 2 is 1.75 bits per heavy atom. The number of amides is 4. The van der Waals surface area contributed by atoms with Gasteiger partial charge in [-0.05, 0) is 117 Å². The minimum atomic E-state index is -0.769. The third kappa shape index (κ3) is 8.45. The average Bonchev–Trinajstić information content (AvgIpc) is 3.95. The van der Waals surface area contributed by atoms with Crippen LogP contribution in [0.3, 0.4) is 0 Å². The van der Waals surface area contributed by atoms with Crippen LogP contribution in [0.25, 0.3) is 32.9 Å². The standard InChI is InChI=1S/C52H50ClF2N9O5/c1-2-37-41(54)10-6-31-22-36(65)24-38(44(31)37)46-45(55)47-39(25-56-46)48(63-27-33-7-8-34(28-63)57-33)60-50(59-47)69-29-35-4-3-18-62(35)26-30-11-14-52(15-12-30)16-20-61(21-17-52)49(67)32-5-9-40(53)42(23-32)64-19-13-43(66)58-51(64)68/h1,3-6,9-10,18,22-25,30,33-34,57,65H,7-8,11-17,19-21,26-29H2,(H,58,66,68)/t33-,34?/m0/s1. The fraction of sp³-hybridized carbons (Fsp3) is 0.385. The van der Waals surface area contributed by atoms with Crippen LogP contribution in [0, 0.1) is 35.3 Å². The van der Waals surface area contributed by atoms with E-state index in [4.69, 9.17) is 27.7 Å². The number of imide groups is 1. The SMILES string of the molecule is C#Cc1c(F)ccc2cc(O)cc(-c3ncc4c(N5CC6CC[C@@H](C5)N6)nc(OCc5cccn5CC5CCC6(CC5)CCN(C(=O)c5ccc(Cl)c(N7CCC(=O)NC7=O)c5)CC6)nc4c3F)c12. The molecule has 11 rings (SSSR count). The predicted molar refractivity (Wildman–Crippen MR) is 257 cm³/mol. The van der Waals surface area contributed by atoms with Crippen molar-refractivity contribution in [3.8, 4) is 35.4 Å².